The lowest BCUT2D eigenvalue weighted by Gasteiger charge is -2.12. The van der Waals surface area contributed by atoms with E-state index in [2.05, 4.69) is 42.2 Å². The fourth-order valence-electron chi connectivity index (χ4n) is 2.99. The molecule has 0 amide bonds. The van der Waals surface area contributed by atoms with Gasteiger partial charge in [0.15, 0.2) is 0 Å². The Morgan fingerprint density at radius 3 is 2.39 bits per heavy atom. The topological polar surface area (TPSA) is 3.24 Å². The van der Waals surface area contributed by atoms with Gasteiger partial charge in [-0.3, -0.25) is 4.90 Å². The van der Waals surface area contributed by atoms with Gasteiger partial charge < -0.3 is 0 Å². The van der Waals surface area contributed by atoms with Crippen LogP contribution >= 0.6 is 23.2 Å². The van der Waals surface area contributed by atoms with E-state index in [9.17, 15) is 0 Å². The largest absolute Gasteiger partial charge is 0.300 e. The maximum Gasteiger partial charge on any atom is 0.0499 e. The number of rotatable bonds is 4. The standard InChI is InChI=1S/C20H21Cl2N/c1-15(10-13-23-11-2-3-12-23)16-4-6-17(7-5-16)19-9-8-18(21)14-20(19)22/h4-10,14H,2-3,11-13H2,1H3. The van der Waals surface area contributed by atoms with E-state index in [1.165, 1.54) is 37.1 Å². The highest BCUT2D eigenvalue weighted by molar-refractivity contribution is 6.36. The Balaban J connectivity index is 1.74. The summed E-state index contributed by atoms with van der Waals surface area (Å²) in [6.45, 7) is 5.70. The Labute approximate surface area is 148 Å². The Bertz CT molecular complexity index is 698. The van der Waals surface area contributed by atoms with Crippen LogP contribution in [0.4, 0.5) is 0 Å². The average molecular weight is 346 g/mol. The maximum atomic E-state index is 6.29. The Hall–Kier alpha value is -1.28. The van der Waals surface area contributed by atoms with E-state index < -0.39 is 0 Å². The molecule has 23 heavy (non-hydrogen) atoms. The van der Waals surface area contributed by atoms with Gasteiger partial charge in [0.25, 0.3) is 0 Å². The zero-order valence-electron chi connectivity index (χ0n) is 13.4. The van der Waals surface area contributed by atoms with Crippen molar-refractivity contribution in [3.8, 4) is 11.1 Å². The van der Waals surface area contributed by atoms with Gasteiger partial charge in [-0.2, -0.15) is 0 Å². The highest BCUT2D eigenvalue weighted by atomic mass is 35.5. The van der Waals surface area contributed by atoms with Crippen molar-refractivity contribution < 1.29 is 0 Å². The van der Waals surface area contributed by atoms with Crippen molar-refractivity contribution in [1.29, 1.82) is 0 Å². The van der Waals surface area contributed by atoms with Gasteiger partial charge in [0.05, 0.1) is 0 Å². The van der Waals surface area contributed by atoms with Crippen molar-refractivity contribution >= 4 is 28.8 Å². The first-order valence-electron chi connectivity index (χ1n) is 8.08. The van der Waals surface area contributed by atoms with Crippen LogP contribution in [-0.2, 0) is 0 Å². The highest BCUT2D eigenvalue weighted by Gasteiger charge is 2.09. The molecule has 0 spiro atoms. The van der Waals surface area contributed by atoms with E-state index in [0.717, 1.165) is 17.7 Å². The molecule has 1 nitrogen and oxygen atoms in total. The minimum Gasteiger partial charge on any atom is -0.300 e. The third-order valence-corrected chi connectivity index (χ3v) is 4.98. The molecule has 2 aromatic carbocycles. The molecule has 1 heterocycles. The van der Waals surface area contributed by atoms with E-state index in [0.29, 0.717) is 10.0 Å². The molecule has 0 atom stereocenters. The number of benzene rings is 2. The summed E-state index contributed by atoms with van der Waals surface area (Å²) in [5, 5.41) is 1.35. The molecule has 0 bridgehead atoms. The normalized spacial score (nSPS) is 16.0. The van der Waals surface area contributed by atoms with Crippen molar-refractivity contribution in [3.05, 3.63) is 64.1 Å². The summed E-state index contributed by atoms with van der Waals surface area (Å²) in [5.41, 5.74) is 4.72. The molecule has 0 N–H and O–H groups in total. The van der Waals surface area contributed by atoms with Crippen molar-refractivity contribution in [2.45, 2.75) is 19.8 Å². The number of nitrogens with zero attached hydrogens (tertiary/aromatic N) is 1. The van der Waals surface area contributed by atoms with Crippen molar-refractivity contribution in [2.75, 3.05) is 19.6 Å². The molecular formula is C20H21Cl2N. The molecule has 1 fully saturated rings. The third-order valence-electron chi connectivity index (χ3n) is 4.44. The van der Waals surface area contributed by atoms with Crippen molar-refractivity contribution in [3.63, 3.8) is 0 Å². The SMILES string of the molecule is CC(=CCN1CCCC1)c1ccc(-c2ccc(Cl)cc2Cl)cc1. The smallest absolute Gasteiger partial charge is 0.0499 e. The first kappa shape index (κ1) is 16.6. The average Bonchev–Trinajstić information content (AvgIpc) is 3.06. The fourth-order valence-corrected chi connectivity index (χ4v) is 3.50. The molecule has 0 unspecified atom stereocenters. The summed E-state index contributed by atoms with van der Waals surface area (Å²) in [6.07, 6.45) is 5.00. The molecule has 1 aliphatic heterocycles. The van der Waals surface area contributed by atoms with Gasteiger partial charge >= 0.3 is 0 Å². The lowest BCUT2D eigenvalue weighted by molar-refractivity contribution is 0.377. The maximum absolute atomic E-state index is 6.29. The zero-order valence-corrected chi connectivity index (χ0v) is 14.9. The van der Waals surface area contributed by atoms with Crippen LogP contribution in [0, 0.1) is 0 Å². The molecule has 1 saturated heterocycles. The predicted octanol–water partition coefficient (Wildman–Crippen LogP) is 6.16. The lowest BCUT2D eigenvalue weighted by atomic mass is 10.0. The molecule has 1 aliphatic rings. The van der Waals surface area contributed by atoms with E-state index in [1.807, 2.05) is 12.1 Å². The van der Waals surface area contributed by atoms with Gasteiger partial charge in [-0.15, -0.1) is 0 Å². The molecule has 2 aromatic rings. The first-order valence-corrected chi connectivity index (χ1v) is 8.84. The third kappa shape index (κ3) is 4.17. The first-order chi connectivity index (χ1) is 11.1. The minimum absolute atomic E-state index is 0.663. The van der Waals surface area contributed by atoms with Crippen LogP contribution in [0.1, 0.15) is 25.3 Å². The molecular weight excluding hydrogens is 325 g/mol. The van der Waals surface area contributed by atoms with Crippen LogP contribution in [0.5, 0.6) is 0 Å². The zero-order chi connectivity index (χ0) is 16.2. The van der Waals surface area contributed by atoms with Gasteiger partial charge in [0.2, 0.25) is 0 Å². The Kier molecular flexibility index (Phi) is 5.42. The summed E-state index contributed by atoms with van der Waals surface area (Å²) in [7, 11) is 0. The highest BCUT2D eigenvalue weighted by Crippen LogP contribution is 2.31. The van der Waals surface area contributed by atoms with Crippen LogP contribution in [0.3, 0.4) is 0 Å². The van der Waals surface area contributed by atoms with E-state index in [4.69, 9.17) is 23.2 Å². The molecule has 120 valence electrons. The summed E-state index contributed by atoms with van der Waals surface area (Å²) >= 11 is 12.3. The van der Waals surface area contributed by atoms with E-state index in [-0.39, 0.29) is 0 Å². The van der Waals surface area contributed by atoms with Gasteiger partial charge in [0.1, 0.15) is 0 Å². The molecule has 3 rings (SSSR count). The fraction of sp³-hybridized carbons (Fsp3) is 0.300. The predicted molar refractivity (Wildman–Crippen MR) is 101 cm³/mol. The summed E-state index contributed by atoms with van der Waals surface area (Å²) in [6, 6.07) is 14.2. The summed E-state index contributed by atoms with van der Waals surface area (Å²) in [5.74, 6) is 0. The Morgan fingerprint density at radius 2 is 1.74 bits per heavy atom. The van der Waals surface area contributed by atoms with Crippen molar-refractivity contribution in [1.82, 2.24) is 4.90 Å². The van der Waals surface area contributed by atoms with Crippen LogP contribution in [-0.4, -0.2) is 24.5 Å². The molecule has 0 radical (unpaired) electrons. The van der Waals surface area contributed by atoms with Gasteiger partial charge in [-0.25, -0.2) is 0 Å². The molecule has 0 saturated carbocycles. The Morgan fingerprint density at radius 1 is 1.04 bits per heavy atom. The van der Waals surface area contributed by atoms with Crippen LogP contribution in [0.15, 0.2) is 48.5 Å². The second-order valence-electron chi connectivity index (χ2n) is 6.10. The molecule has 3 heteroatoms. The molecule has 0 aromatic heterocycles. The van der Waals surface area contributed by atoms with Crippen LogP contribution < -0.4 is 0 Å². The number of allylic oxidation sites excluding steroid dienone is 1. The van der Waals surface area contributed by atoms with Crippen molar-refractivity contribution in [2.24, 2.45) is 0 Å². The van der Waals surface area contributed by atoms with Gasteiger partial charge in [0, 0.05) is 22.2 Å². The van der Waals surface area contributed by atoms with Crippen LogP contribution in [0.2, 0.25) is 10.0 Å². The summed E-state index contributed by atoms with van der Waals surface area (Å²) < 4.78 is 0. The monoisotopic (exact) mass is 345 g/mol. The van der Waals surface area contributed by atoms with E-state index >= 15 is 0 Å². The van der Waals surface area contributed by atoms with E-state index in [1.54, 1.807) is 6.07 Å². The van der Waals surface area contributed by atoms with Crippen LogP contribution in [0.25, 0.3) is 16.7 Å². The quantitative estimate of drug-likeness (QED) is 0.641. The van der Waals surface area contributed by atoms with Gasteiger partial charge in [-0.1, -0.05) is 59.6 Å². The lowest BCUT2D eigenvalue weighted by Crippen LogP contribution is -2.18. The second kappa shape index (κ2) is 7.53. The number of hydrogen-bond acceptors (Lipinski definition) is 1. The number of halogens is 2. The number of hydrogen-bond donors (Lipinski definition) is 0. The molecule has 0 aliphatic carbocycles. The minimum atomic E-state index is 0.663. The summed E-state index contributed by atoms with van der Waals surface area (Å²) in [4.78, 5) is 2.51. The van der Waals surface area contributed by atoms with Gasteiger partial charge in [-0.05, 0) is 61.7 Å². The second-order valence-corrected chi connectivity index (χ2v) is 6.94. The number of likely N-dealkylation sites (tertiary alicyclic amines) is 1.